The number of morpholine rings is 1. The molecule has 0 radical (unpaired) electrons. The second kappa shape index (κ2) is 4.72. The van der Waals surface area contributed by atoms with E-state index < -0.39 is 6.04 Å². The first-order chi connectivity index (χ1) is 6.56. The molecule has 2 unspecified atom stereocenters. The van der Waals surface area contributed by atoms with Crippen LogP contribution < -0.4 is 5.73 Å². The molecule has 0 aromatic carbocycles. The molecule has 1 rings (SSSR count). The third-order valence-corrected chi connectivity index (χ3v) is 2.38. The van der Waals surface area contributed by atoms with Crippen molar-refractivity contribution in [2.24, 2.45) is 5.73 Å². The van der Waals surface area contributed by atoms with E-state index >= 15 is 0 Å². The minimum Gasteiger partial charge on any atom is -0.394 e. The molecule has 0 saturated carbocycles. The van der Waals surface area contributed by atoms with Crippen molar-refractivity contribution >= 4 is 5.91 Å². The number of carbonyl (C=O) groups excluding carboxylic acids is 1. The molecule has 0 aliphatic carbocycles. The maximum absolute atomic E-state index is 11.6. The SMILES string of the molecule is CC1COC(CO)CN1C(=O)[C@@H](C)N. The van der Waals surface area contributed by atoms with Crippen LogP contribution >= 0.6 is 0 Å². The number of aliphatic hydroxyl groups excluding tert-OH is 1. The fourth-order valence-corrected chi connectivity index (χ4v) is 1.50. The summed E-state index contributed by atoms with van der Waals surface area (Å²) in [7, 11) is 0. The lowest BCUT2D eigenvalue weighted by Crippen LogP contribution is -2.55. The number of nitrogens with two attached hydrogens (primary N) is 1. The van der Waals surface area contributed by atoms with E-state index in [1.54, 1.807) is 11.8 Å². The van der Waals surface area contributed by atoms with Crippen molar-refractivity contribution < 1.29 is 14.6 Å². The maximum Gasteiger partial charge on any atom is 0.239 e. The first-order valence-corrected chi connectivity index (χ1v) is 4.84. The topological polar surface area (TPSA) is 75.8 Å². The van der Waals surface area contributed by atoms with Crippen LogP contribution in [0.3, 0.4) is 0 Å². The number of ether oxygens (including phenoxy) is 1. The Labute approximate surface area is 83.8 Å². The first kappa shape index (κ1) is 11.4. The summed E-state index contributed by atoms with van der Waals surface area (Å²) in [6.45, 7) is 4.41. The van der Waals surface area contributed by atoms with Crippen molar-refractivity contribution in [1.29, 1.82) is 0 Å². The second-order valence-electron chi connectivity index (χ2n) is 3.77. The zero-order chi connectivity index (χ0) is 10.7. The third kappa shape index (κ3) is 2.43. The summed E-state index contributed by atoms with van der Waals surface area (Å²) in [6, 6.07) is -0.453. The molecule has 1 fully saturated rings. The minimum atomic E-state index is -0.491. The number of rotatable bonds is 2. The van der Waals surface area contributed by atoms with Gasteiger partial charge >= 0.3 is 0 Å². The Kier molecular flexibility index (Phi) is 3.86. The summed E-state index contributed by atoms with van der Waals surface area (Å²) in [4.78, 5) is 13.3. The first-order valence-electron chi connectivity index (χ1n) is 4.84. The molecule has 0 spiro atoms. The fraction of sp³-hybridized carbons (Fsp3) is 0.889. The van der Waals surface area contributed by atoms with E-state index in [-0.39, 0.29) is 24.7 Å². The van der Waals surface area contributed by atoms with Gasteiger partial charge in [-0.2, -0.15) is 0 Å². The molecule has 1 amide bonds. The predicted octanol–water partition coefficient (Wildman–Crippen LogP) is -1.06. The van der Waals surface area contributed by atoms with Crippen LogP contribution in [0.15, 0.2) is 0 Å². The van der Waals surface area contributed by atoms with Gasteiger partial charge in [0.25, 0.3) is 0 Å². The highest BCUT2D eigenvalue weighted by atomic mass is 16.5. The smallest absolute Gasteiger partial charge is 0.239 e. The lowest BCUT2D eigenvalue weighted by atomic mass is 10.1. The molecule has 1 aliphatic heterocycles. The molecular formula is C9H18N2O3. The number of hydrogen-bond acceptors (Lipinski definition) is 4. The van der Waals surface area contributed by atoms with Gasteiger partial charge in [0, 0.05) is 6.54 Å². The lowest BCUT2D eigenvalue weighted by Gasteiger charge is -2.38. The molecule has 82 valence electrons. The average molecular weight is 202 g/mol. The Morgan fingerprint density at radius 2 is 2.43 bits per heavy atom. The Hall–Kier alpha value is -0.650. The zero-order valence-corrected chi connectivity index (χ0v) is 8.64. The van der Waals surface area contributed by atoms with Crippen LogP contribution in [0.5, 0.6) is 0 Å². The molecule has 14 heavy (non-hydrogen) atoms. The third-order valence-electron chi connectivity index (χ3n) is 2.38. The largest absolute Gasteiger partial charge is 0.394 e. The van der Waals surface area contributed by atoms with Gasteiger partial charge < -0.3 is 20.5 Å². The molecule has 0 aromatic heterocycles. The van der Waals surface area contributed by atoms with Crippen molar-refractivity contribution in [3.8, 4) is 0 Å². The summed E-state index contributed by atoms with van der Waals surface area (Å²) in [5.74, 6) is -0.0840. The van der Waals surface area contributed by atoms with Gasteiger partial charge in [-0.1, -0.05) is 0 Å². The van der Waals surface area contributed by atoms with Crippen LogP contribution in [-0.2, 0) is 9.53 Å². The molecule has 3 atom stereocenters. The minimum absolute atomic E-state index is 0.0382. The van der Waals surface area contributed by atoms with Crippen LogP contribution in [0.1, 0.15) is 13.8 Å². The summed E-state index contributed by atoms with van der Waals surface area (Å²) in [5, 5.41) is 8.92. The Bertz CT molecular complexity index is 208. The number of nitrogens with zero attached hydrogens (tertiary/aromatic N) is 1. The highest BCUT2D eigenvalue weighted by molar-refractivity contribution is 5.81. The van der Waals surface area contributed by atoms with E-state index in [2.05, 4.69) is 0 Å². The Morgan fingerprint density at radius 1 is 1.79 bits per heavy atom. The molecule has 1 aliphatic rings. The van der Waals surface area contributed by atoms with Gasteiger partial charge in [0.15, 0.2) is 0 Å². The molecule has 1 heterocycles. The second-order valence-corrected chi connectivity index (χ2v) is 3.77. The molecular weight excluding hydrogens is 184 g/mol. The summed E-state index contributed by atoms with van der Waals surface area (Å²) in [6.07, 6.45) is -0.270. The summed E-state index contributed by atoms with van der Waals surface area (Å²) >= 11 is 0. The fourth-order valence-electron chi connectivity index (χ4n) is 1.50. The van der Waals surface area contributed by atoms with Crippen LogP contribution in [0.4, 0.5) is 0 Å². The maximum atomic E-state index is 11.6. The zero-order valence-electron chi connectivity index (χ0n) is 8.64. The van der Waals surface area contributed by atoms with Crippen molar-refractivity contribution in [3.05, 3.63) is 0 Å². The standard InChI is InChI=1S/C9H18N2O3/c1-6-5-14-8(4-12)3-11(6)9(13)7(2)10/h6-8,12H,3-5,10H2,1-2H3/t6?,7-,8?/m1/s1. The van der Waals surface area contributed by atoms with Gasteiger partial charge in [-0.3, -0.25) is 4.79 Å². The normalized spacial score (nSPS) is 30.1. The van der Waals surface area contributed by atoms with E-state index in [0.29, 0.717) is 13.2 Å². The molecule has 0 bridgehead atoms. The van der Waals surface area contributed by atoms with E-state index in [4.69, 9.17) is 15.6 Å². The van der Waals surface area contributed by atoms with E-state index in [1.807, 2.05) is 6.92 Å². The molecule has 5 nitrogen and oxygen atoms in total. The highest BCUT2D eigenvalue weighted by Gasteiger charge is 2.30. The van der Waals surface area contributed by atoms with E-state index in [9.17, 15) is 4.79 Å². The van der Waals surface area contributed by atoms with Crippen molar-refractivity contribution in [1.82, 2.24) is 4.90 Å². The van der Waals surface area contributed by atoms with Crippen molar-refractivity contribution in [2.45, 2.75) is 32.0 Å². The van der Waals surface area contributed by atoms with E-state index in [1.165, 1.54) is 0 Å². The number of aliphatic hydroxyl groups is 1. The van der Waals surface area contributed by atoms with Gasteiger partial charge in [-0.25, -0.2) is 0 Å². The Morgan fingerprint density at radius 3 is 2.93 bits per heavy atom. The molecule has 0 aromatic rings. The average Bonchev–Trinajstić information content (AvgIpc) is 2.17. The highest BCUT2D eigenvalue weighted by Crippen LogP contribution is 2.12. The Balaban J connectivity index is 2.60. The van der Waals surface area contributed by atoms with Gasteiger partial charge in [0.2, 0.25) is 5.91 Å². The summed E-state index contributed by atoms with van der Waals surface area (Å²) < 4.78 is 5.31. The number of amides is 1. The molecule has 5 heteroatoms. The number of carbonyl (C=O) groups is 1. The monoisotopic (exact) mass is 202 g/mol. The van der Waals surface area contributed by atoms with Gasteiger partial charge in [-0.05, 0) is 13.8 Å². The van der Waals surface area contributed by atoms with Crippen molar-refractivity contribution in [2.75, 3.05) is 19.8 Å². The predicted molar refractivity (Wildman–Crippen MR) is 51.7 cm³/mol. The number of hydrogen-bond donors (Lipinski definition) is 2. The van der Waals surface area contributed by atoms with Gasteiger partial charge in [0.1, 0.15) is 0 Å². The summed E-state index contributed by atoms with van der Waals surface area (Å²) in [5.41, 5.74) is 5.52. The van der Waals surface area contributed by atoms with Gasteiger partial charge in [0.05, 0.1) is 31.4 Å². The van der Waals surface area contributed by atoms with Crippen LogP contribution in [0.2, 0.25) is 0 Å². The van der Waals surface area contributed by atoms with Crippen molar-refractivity contribution in [3.63, 3.8) is 0 Å². The molecule has 3 N–H and O–H groups in total. The van der Waals surface area contributed by atoms with Gasteiger partial charge in [-0.15, -0.1) is 0 Å². The van der Waals surface area contributed by atoms with Crippen LogP contribution in [0, 0.1) is 0 Å². The lowest BCUT2D eigenvalue weighted by molar-refractivity contribution is -0.147. The van der Waals surface area contributed by atoms with E-state index in [0.717, 1.165) is 0 Å². The van der Waals surface area contributed by atoms with Crippen LogP contribution in [0.25, 0.3) is 0 Å². The molecule has 1 saturated heterocycles. The quantitative estimate of drug-likeness (QED) is 0.598. The van der Waals surface area contributed by atoms with Crippen LogP contribution in [-0.4, -0.2) is 53.9 Å².